The Kier molecular flexibility index (Phi) is 5.57. The summed E-state index contributed by atoms with van der Waals surface area (Å²) in [6, 6.07) is 10.7. The maximum atomic E-state index is 12.6. The number of benzene rings is 1. The number of aromatic nitrogens is 2. The molecule has 1 aromatic carbocycles. The van der Waals surface area contributed by atoms with Gasteiger partial charge in [0.1, 0.15) is 17.0 Å². The van der Waals surface area contributed by atoms with Crippen LogP contribution in [0, 0.1) is 6.92 Å². The number of nitrogens with zero attached hydrogens (tertiary/aromatic N) is 4. The minimum Gasteiger partial charge on any atom is -0.352 e. The van der Waals surface area contributed by atoms with Crippen LogP contribution >= 0.6 is 11.3 Å². The van der Waals surface area contributed by atoms with Gasteiger partial charge in [-0.05, 0) is 31.4 Å². The average molecular weight is 395 g/mol. The molecule has 1 saturated heterocycles. The van der Waals surface area contributed by atoms with Crippen LogP contribution in [0.1, 0.15) is 29.3 Å². The van der Waals surface area contributed by atoms with Gasteiger partial charge in [0.25, 0.3) is 0 Å². The van der Waals surface area contributed by atoms with Crippen LogP contribution in [0.5, 0.6) is 0 Å². The highest BCUT2D eigenvalue weighted by Gasteiger charge is 2.23. The lowest BCUT2D eigenvalue weighted by atomic mass is 10.1. The molecule has 1 aliphatic heterocycles. The normalized spacial score (nSPS) is 14.6. The van der Waals surface area contributed by atoms with Crippen molar-refractivity contribution in [3.05, 3.63) is 52.7 Å². The Morgan fingerprint density at radius 1 is 1.11 bits per heavy atom. The third-order valence-corrected chi connectivity index (χ3v) is 6.58. The van der Waals surface area contributed by atoms with Gasteiger partial charge in [-0.2, -0.15) is 0 Å². The van der Waals surface area contributed by atoms with Crippen LogP contribution in [0.15, 0.2) is 36.7 Å². The molecular weight excluding hydrogens is 368 g/mol. The summed E-state index contributed by atoms with van der Waals surface area (Å²) in [5, 5.41) is 1.14. The summed E-state index contributed by atoms with van der Waals surface area (Å²) in [6.07, 6.45) is 4.06. The van der Waals surface area contributed by atoms with Crippen molar-refractivity contribution < 1.29 is 4.79 Å². The van der Waals surface area contributed by atoms with E-state index in [4.69, 9.17) is 0 Å². The van der Waals surface area contributed by atoms with Gasteiger partial charge in [0.15, 0.2) is 0 Å². The number of piperazine rings is 1. The average Bonchev–Trinajstić information content (AvgIpc) is 3.17. The molecule has 0 atom stereocenters. The monoisotopic (exact) mass is 394 g/mol. The first-order valence-electron chi connectivity index (χ1n) is 9.95. The van der Waals surface area contributed by atoms with Gasteiger partial charge in [-0.15, -0.1) is 11.3 Å². The molecule has 3 heterocycles. The number of anilines is 1. The highest BCUT2D eigenvalue weighted by atomic mass is 32.1. The van der Waals surface area contributed by atoms with Gasteiger partial charge in [-0.1, -0.05) is 36.8 Å². The van der Waals surface area contributed by atoms with Gasteiger partial charge in [-0.25, -0.2) is 9.97 Å². The molecule has 28 heavy (non-hydrogen) atoms. The largest absolute Gasteiger partial charge is 0.352 e. The van der Waals surface area contributed by atoms with Gasteiger partial charge in [0, 0.05) is 37.5 Å². The highest BCUT2D eigenvalue weighted by molar-refractivity contribution is 7.18. The topological polar surface area (TPSA) is 49.3 Å². The lowest BCUT2D eigenvalue weighted by Crippen LogP contribution is -2.49. The Morgan fingerprint density at radius 2 is 1.86 bits per heavy atom. The van der Waals surface area contributed by atoms with Crippen LogP contribution in [0.3, 0.4) is 0 Å². The van der Waals surface area contributed by atoms with E-state index in [0.29, 0.717) is 6.42 Å². The van der Waals surface area contributed by atoms with Gasteiger partial charge >= 0.3 is 0 Å². The summed E-state index contributed by atoms with van der Waals surface area (Å²) >= 11 is 1.74. The molecule has 0 radical (unpaired) electrons. The summed E-state index contributed by atoms with van der Waals surface area (Å²) in [4.78, 5) is 28.3. The van der Waals surface area contributed by atoms with Gasteiger partial charge < -0.3 is 9.80 Å². The third-order valence-electron chi connectivity index (χ3n) is 5.39. The van der Waals surface area contributed by atoms with E-state index < -0.39 is 0 Å². The molecule has 3 aromatic rings. The number of amides is 1. The Bertz CT molecular complexity index is 958. The maximum absolute atomic E-state index is 12.6. The van der Waals surface area contributed by atoms with Crippen LogP contribution in [0.25, 0.3) is 10.2 Å². The summed E-state index contributed by atoms with van der Waals surface area (Å²) in [5.41, 5.74) is 2.48. The fraction of sp³-hybridized carbons (Fsp3) is 0.409. The van der Waals surface area contributed by atoms with Crippen molar-refractivity contribution >= 4 is 33.3 Å². The second-order valence-electron chi connectivity index (χ2n) is 7.34. The molecular formula is C22H26N4OS. The maximum Gasteiger partial charge on any atom is 0.223 e. The summed E-state index contributed by atoms with van der Waals surface area (Å²) < 4.78 is 0. The Labute approximate surface area is 170 Å². The zero-order valence-corrected chi connectivity index (χ0v) is 17.3. The van der Waals surface area contributed by atoms with E-state index in [1.165, 1.54) is 16.0 Å². The van der Waals surface area contributed by atoms with E-state index in [1.54, 1.807) is 17.7 Å². The third kappa shape index (κ3) is 4.02. The summed E-state index contributed by atoms with van der Waals surface area (Å²) in [6.45, 7) is 7.39. The Morgan fingerprint density at radius 3 is 2.57 bits per heavy atom. The molecule has 146 valence electrons. The van der Waals surface area contributed by atoms with E-state index in [9.17, 15) is 4.79 Å². The van der Waals surface area contributed by atoms with Crippen molar-refractivity contribution in [2.45, 2.75) is 33.1 Å². The number of aryl methyl sites for hydroxylation is 3. The first kappa shape index (κ1) is 18.9. The quantitative estimate of drug-likeness (QED) is 0.660. The lowest BCUT2D eigenvalue weighted by molar-refractivity contribution is -0.131. The molecule has 0 aliphatic carbocycles. The Hall–Kier alpha value is -2.47. The SMILES string of the molecule is CCc1cc2c(N3CCN(C(=O)CCc4ccc(C)cc4)CC3)ncnc2s1. The molecule has 0 spiro atoms. The summed E-state index contributed by atoms with van der Waals surface area (Å²) in [5.74, 6) is 1.25. The van der Waals surface area contributed by atoms with Crippen molar-refractivity contribution in [1.82, 2.24) is 14.9 Å². The lowest BCUT2D eigenvalue weighted by Gasteiger charge is -2.35. The highest BCUT2D eigenvalue weighted by Crippen LogP contribution is 2.31. The fourth-order valence-electron chi connectivity index (χ4n) is 3.65. The molecule has 6 heteroatoms. The first-order valence-corrected chi connectivity index (χ1v) is 10.8. The standard InChI is InChI=1S/C22H26N4OS/c1-3-18-14-19-21(23-15-24-22(19)28-18)26-12-10-25(11-13-26)20(27)9-8-17-6-4-16(2)5-7-17/h4-7,14-15H,3,8-13H2,1-2H3. The number of fused-ring (bicyclic) bond motifs is 1. The number of rotatable bonds is 5. The number of carbonyl (C=O) groups is 1. The van der Waals surface area contributed by atoms with E-state index in [0.717, 1.165) is 55.1 Å². The molecule has 1 amide bonds. The summed E-state index contributed by atoms with van der Waals surface area (Å²) in [7, 11) is 0. The minimum atomic E-state index is 0.247. The molecule has 0 N–H and O–H groups in total. The zero-order valence-electron chi connectivity index (χ0n) is 16.5. The van der Waals surface area contributed by atoms with Crippen LogP contribution in [-0.2, 0) is 17.6 Å². The molecule has 1 aliphatic rings. The molecule has 1 fully saturated rings. The van der Waals surface area contributed by atoms with Crippen molar-refractivity contribution in [3.8, 4) is 0 Å². The van der Waals surface area contributed by atoms with Crippen molar-refractivity contribution in [2.75, 3.05) is 31.1 Å². The van der Waals surface area contributed by atoms with Crippen LogP contribution in [-0.4, -0.2) is 47.0 Å². The second-order valence-corrected chi connectivity index (χ2v) is 8.45. The molecule has 5 nitrogen and oxygen atoms in total. The van der Waals surface area contributed by atoms with Crippen LogP contribution in [0.4, 0.5) is 5.82 Å². The van der Waals surface area contributed by atoms with E-state index >= 15 is 0 Å². The Balaban J connectivity index is 1.36. The van der Waals surface area contributed by atoms with Crippen LogP contribution < -0.4 is 4.90 Å². The molecule has 4 rings (SSSR count). The minimum absolute atomic E-state index is 0.247. The second kappa shape index (κ2) is 8.27. The van der Waals surface area contributed by atoms with Crippen molar-refractivity contribution in [2.24, 2.45) is 0 Å². The predicted octanol–water partition coefficient (Wildman–Crippen LogP) is 3.84. The molecule has 0 saturated carbocycles. The number of thiophene rings is 1. The van der Waals surface area contributed by atoms with Crippen LogP contribution in [0.2, 0.25) is 0 Å². The fourth-order valence-corrected chi connectivity index (χ4v) is 4.58. The van der Waals surface area contributed by atoms with E-state index in [1.807, 2.05) is 4.90 Å². The predicted molar refractivity (Wildman–Crippen MR) is 115 cm³/mol. The molecule has 0 unspecified atom stereocenters. The number of hydrogen-bond donors (Lipinski definition) is 0. The zero-order chi connectivity index (χ0) is 19.5. The van der Waals surface area contributed by atoms with E-state index in [2.05, 4.69) is 59.0 Å². The van der Waals surface area contributed by atoms with Gasteiger partial charge in [0.2, 0.25) is 5.91 Å². The van der Waals surface area contributed by atoms with Crippen molar-refractivity contribution in [1.29, 1.82) is 0 Å². The molecule has 2 aromatic heterocycles. The van der Waals surface area contributed by atoms with E-state index in [-0.39, 0.29) is 5.91 Å². The van der Waals surface area contributed by atoms with Gasteiger partial charge in [-0.3, -0.25) is 4.79 Å². The first-order chi connectivity index (χ1) is 13.6. The molecule has 0 bridgehead atoms. The smallest absolute Gasteiger partial charge is 0.223 e. The van der Waals surface area contributed by atoms with Crippen molar-refractivity contribution in [3.63, 3.8) is 0 Å². The number of carbonyl (C=O) groups excluding carboxylic acids is 1. The number of hydrogen-bond acceptors (Lipinski definition) is 5. The van der Waals surface area contributed by atoms with Gasteiger partial charge in [0.05, 0.1) is 5.39 Å².